The number of thiazole rings is 1. The summed E-state index contributed by atoms with van der Waals surface area (Å²) in [7, 11) is 0. The van der Waals surface area contributed by atoms with Gasteiger partial charge in [-0.3, -0.25) is 0 Å². The molecule has 2 rings (SSSR count). The summed E-state index contributed by atoms with van der Waals surface area (Å²) >= 11 is 13.7. The fraction of sp³-hybridized carbons (Fsp3) is 0.400. The van der Waals surface area contributed by atoms with E-state index in [1.807, 2.05) is 11.4 Å². The van der Waals surface area contributed by atoms with E-state index in [1.54, 1.807) is 23.5 Å². The molecule has 0 fully saturated rings. The van der Waals surface area contributed by atoms with E-state index in [0.717, 1.165) is 23.8 Å². The second kappa shape index (κ2) is 7.99. The molecule has 0 aliphatic heterocycles. The van der Waals surface area contributed by atoms with Crippen molar-refractivity contribution in [1.82, 2.24) is 10.3 Å². The van der Waals surface area contributed by atoms with E-state index in [4.69, 9.17) is 27.9 Å². The highest BCUT2D eigenvalue weighted by molar-refractivity contribution is 7.09. The van der Waals surface area contributed by atoms with Gasteiger partial charge in [-0.1, -0.05) is 43.1 Å². The average molecular weight is 345 g/mol. The van der Waals surface area contributed by atoms with Crippen LogP contribution in [-0.4, -0.2) is 11.5 Å². The van der Waals surface area contributed by atoms with Gasteiger partial charge in [0.2, 0.25) is 0 Å². The largest absolute Gasteiger partial charge is 0.486 e. The molecule has 0 aliphatic carbocycles. The van der Waals surface area contributed by atoms with Crippen LogP contribution in [0.4, 0.5) is 0 Å². The van der Waals surface area contributed by atoms with E-state index in [-0.39, 0.29) is 0 Å². The molecule has 2 aromatic rings. The lowest BCUT2D eigenvalue weighted by Crippen LogP contribution is -2.18. The van der Waals surface area contributed by atoms with Crippen molar-refractivity contribution in [2.24, 2.45) is 5.92 Å². The first-order valence-electron chi connectivity index (χ1n) is 6.77. The molecule has 21 heavy (non-hydrogen) atoms. The molecule has 0 amide bonds. The lowest BCUT2D eigenvalue weighted by Gasteiger charge is -2.07. The van der Waals surface area contributed by atoms with Crippen molar-refractivity contribution < 1.29 is 4.74 Å². The van der Waals surface area contributed by atoms with Gasteiger partial charge in [0, 0.05) is 11.9 Å². The summed E-state index contributed by atoms with van der Waals surface area (Å²) in [4.78, 5) is 4.53. The summed E-state index contributed by atoms with van der Waals surface area (Å²) in [6, 6.07) is 5.34. The molecule has 1 heterocycles. The predicted molar refractivity (Wildman–Crippen MR) is 89.5 cm³/mol. The van der Waals surface area contributed by atoms with E-state index < -0.39 is 0 Å². The first-order chi connectivity index (χ1) is 10.1. The van der Waals surface area contributed by atoms with Crippen LogP contribution in [0.3, 0.4) is 0 Å². The van der Waals surface area contributed by atoms with Crippen LogP contribution < -0.4 is 10.1 Å². The highest BCUT2D eigenvalue weighted by Crippen LogP contribution is 2.31. The van der Waals surface area contributed by atoms with E-state index in [0.29, 0.717) is 28.3 Å². The van der Waals surface area contributed by atoms with Crippen LogP contribution in [0.2, 0.25) is 10.0 Å². The van der Waals surface area contributed by atoms with Crippen LogP contribution in [0.25, 0.3) is 0 Å². The summed E-state index contributed by atoms with van der Waals surface area (Å²) in [5, 5.41) is 7.37. The third-order valence-corrected chi connectivity index (χ3v) is 4.42. The van der Waals surface area contributed by atoms with E-state index in [1.165, 1.54) is 0 Å². The Kier molecular flexibility index (Phi) is 6.30. The molecule has 1 aromatic heterocycles. The molecule has 3 nitrogen and oxygen atoms in total. The Morgan fingerprint density at radius 3 is 2.90 bits per heavy atom. The maximum Gasteiger partial charge on any atom is 0.140 e. The first-order valence-corrected chi connectivity index (χ1v) is 8.40. The van der Waals surface area contributed by atoms with Crippen LogP contribution >= 0.6 is 34.5 Å². The number of rotatable bonds is 7. The normalized spacial score (nSPS) is 11.1. The zero-order valence-electron chi connectivity index (χ0n) is 12.0. The van der Waals surface area contributed by atoms with Crippen molar-refractivity contribution in [2.45, 2.75) is 27.0 Å². The Labute approximate surface area is 139 Å². The molecule has 6 heteroatoms. The van der Waals surface area contributed by atoms with Crippen LogP contribution in [0.1, 0.15) is 24.5 Å². The number of nitrogens with zero attached hydrogens (tertiary/aromatic N) is 1. The van der Waals surface area contributed by atoms with Crippen molar-refractivity contribution >= 4 is 34.5 Å². The lowest BCUT2D eigenvalue weighted by atomic mass is 10.2. The number of halogens is 2. The van der Waals surface area contributed by atoms with Gasteiger partial charge in [-0.05, 0) is 24.6 Å². The van der Waals surface area contributed by atoms with Gasteiger partial charge >= 0.3 is 0 Å². The minimum Gasteiger partial charge on any atom is -0.486 e. The Bertz CT molecular complexity index is 587. The van der Waals surface area contributed by atoms with Gasteiger partial charge in [0.15, 0.2) is 0 Å². The van der Waals surface area contributed by atoms with E-state index in [2.05, 4.69) is 24.1 Å². The topological polar surface area (TPSA) is 34.2 Å². The van der Waals surface area contributed by atoms with Crippen LogP contribution in [0.15, 0.2) is 23.6 Å². The highest BCUT2D eigenvalue weighted by atomic mass is 35.5. The Hall–Kier alpha value is -0.810. The molecule has 0 spiro atoms. The monoisotopic (exact) mass is 344 g/mol. The van der Waals surface area contributed by atoms with Gasteiger partial charge in [-0.25, -0.2) is 4.98 Å². The number of benzene rings is 1. The molecule has 0 atom stereocenters. The summed E-state index contributed by atoms with van der Waals surface area (Å²) < 4.78 is 5.67. The molecule has 1 N–H and O–H groups in total. The fourth-order valence-corrected chi connectivity index (χ4v) is 2.81. The summed E-state index contributed by atoms with van der Waals surface area (Å²) in [6.45, 7) is 6.54. The zero-order chi connectivity index (χ0) is 15.2. The SMILES string of the molecule is CC(C)CNCc1nc(COc2cccc(Cl)c2Cl)cs1. The van der Waals surface area contributed by atoms with Gasteiger partial charge in [-0.15, -0.1) is 11.3 Å². The first kappa shape index (κ1) is 16.6. The smallest absolute Gasteiger partial charge is 0.140 e. The molecular weight excluding hydrogens is 327 g/mol. The van der Waals surface area contributed by atoms with Gasteiger partial charge < -0.3 is 10.1 Å². The van der Waals surface area contributed by atoms with Gasteiger partial charge in [0.25, 0.3) is 0 Å². The third kappa shape index (κ3) is 5.15. The second-order valence-corrected chi connectivity index (χ2v) is 6.83. The van der Waals surface area contributed by atoms with Crippen molar-refractivity contribution in [1.29, 1.82) is 0 Å². The Morgan fingerprint density at radius 2 is 2.14 bits per heavy atom. The molecule has 114 valence electrons. The molecule has 0 unspecified atom stereocenters. The van der Waals surface area contributed by atoms with Gasteiger partial charge in [-0.2, -0.15) is 0 Å². The van der Waals surface area contributed by atoms with Crippen molar-refractivity contribution in [3.63, 3.8) is 0 Å². The third-order valence-electron chi connectivity index (χ3n) is 2.72. The van der Waals surface area contributed by atoms with Crippen molar-refractivity contribution in [3.05, 3.63) is 44.3 Å². The molecule has 0 bridgehead atoms. The van der Waals surface area contributed by atoms with E-state index in [9.17, 15) is 0 Å². The van der Waals surface area contributed by atoms with Crippen LogP contribution in [0.5, 0.6) is 5.75 Å². The average Bonchev–Trinajstić information content (AvgIpc) is 2.88. The number of hydrogen-bond donors (Lipinski definition) is 1. The van der Waals surface area contributed by atoms with Crippen LogP contribution in [-0.2, 0) is 13.2 Å². The minimum atomic E-state index is 0.390. The van der Waals surface area contributed by atoms with E-state index >= 15 is 0 Å². The summed E-state index contributed by atoms with van der Waals surface area (Å²) in [5.41, 5.74) is 0.900. The molecule has 1 aromatic carbocycles. The number of aromatic nitrogens is 1. The van der Waals surface area contributed by atoms with Gasteiger partial charge in [0.05, 0.1) is 10.7 Å². The van der Waals surface area contributed by atoms with Crippen molar-refractivity contribution in [3.8, 4) is 5.75 Å². The number of nitrogens with one attached hydrogen (secondary N) is 1. The number of ether oxygens (including phenoxy) is 1. The Morgan fingerprint density at radius 1 is 1.33 bits per heavy atom. The summed E-state index contributed by atoms with van der Waals surface area (Å²) in [5.74, 6) is 1.22. The van der Waals surface area contributed by atoms with Crippen molar-refractivity contribution in [2.75, 3.05) is 6.54 Å². The standard InChI is InChI=1S/C15H18Cl2N2OS/c1-10(2)6-18-7-14-19-11(9-21-14)8-20-13-5-3-4-12(16)15(13)17/h3-5,9-10,18H,6-8H2,1-2H3. The number of hydrogen-bond acceptors (Lipinski definition) is 4. The highest BCUT2D eigenvalue weighted by Gasteiger charge is 2.07. The molecule has 0 saturated carbocycles. The summed E-state index contributed by atoms with van der Waals surface area (Å²) in [6.07, 6.45) is 0. The molecule has 0 aliphatic rings. The lowest BCUT2D eigenvalue weighted by molar-refractivity contribution is 0.302. The predicted octanol–water partition coefficient (Wildman–Crippen LogP) is 4.77. The minimum absolute atomic E-state index is 0.390. The fourth-order valence-electron chi connectivity index (χ4n) is 1.71. The molecule has 0 saturated heterocycles. The Balaban J connectivity index is 1.86. The van der Waals surface area contributed by atoms with Gasteiger partial charge in [0.1, 0.15) is 22.4 Å². The maximum absolute atomic E-state index is 6.08. The quantitative estimate of drug-likeness (QED) is 0.785. The van der Waals surface area contributed by atoms with Crippen LogP contribution in [0, 0.1) is 5.92 Å². The maximum atomic E-state index is 6.08. The molecular formula is C15H18Cl2N2OS. The molecule has 0 radical (unpaired) electrons. The second-order valence-electron chi connectivity index (χ2n) is 5.10. The zero-order valence-corrected chi connectivity index (χ0v) is 14.4.